The fourth-order valence-corrected chi connectivity index (χ4v) is 6.50. The minimum Gasteiger partial charge on any atom is -0.490 e. The molecule has 6 rings (SSSR count). The minimum atomic E-state index is -0.390. The zero-order chi connectivity index (χ0) is 29.9. The number of aromatic nitrogens is 1. The predicted octanol–water partition coefficient (Wildman–Crippen LogP) is 7.57. The number of likely N-dealkylation sites (N-methyl/N-ethyl adjacent to an activating group) is 1. The summed E-state index contributed by atoms with van der Waals surface area (Å²) >= 11 is 1.61. The number of pyridine rings is 1. The van der Waals surface area contributed by atoms with Crippen molar-refractivity contribution in [3.05, 3.63) is 102 Å². The highest BCUT2D eigenvalue weighted by molar-refractivity contribution is 7.18. The summed E-state index contributed by atoms with van der Waals surface area (Å²) in [7, 11) is 3.75. The number of anilines is 1. The van der Waals surface area contributed by atoms with Gasteiger partial charge in [-0.3, -0.25) is 4.79 Å². The van der Waals surface area contributed by atoms with E-state index in [-0.39, 0.29) is 12.5 Å². The molecule has 3 aromatic carbocycles. The highest BCUT2D eigenvalue weighted by Gasteiger charge is 2.23. The van der Waals surface area contributed by atoms with Gasteiger partial charge in [0.25, 0.3) is 0 Å². The maximum atomic E-state index is 14.5. The van der Waals surface area contributed by atoms with Gasteiger partial charge in [-0.05, 0) is 72.4 Å². The summed E-state index contributed by atoms with van der Waals surface area (Å²) in [6.07, 6.45) is 2.22. The molecule has 1 N–H and O–H groups in total. The second-order valence-electron chi connectivity index (χ2n) is 10.6. The smallest absolute Gasteiger partial charge is 0.247 e. The molecule has 0 radical (unpaired) electrons. The number of hydrogen-bond acceptors (Lipinski definition) is 6. The van der Waals surface area contributed by atoms with Crippen LogP contribution in [0.25, 0.3) is 43.7 Å². The zero-order valence-corrected chi connectivity index (χ0v) is 25.0. The lowest BCUT2D eigenvalue weighted by Gasteiger charge is -2.25. The fraction of sp³-hybridized carbons (Fsp3) is 0.200. The van der Waals surface area contributed by atoms with E-state index >= 15 is 0 Å². The normalized spacial score (nSPS) is 13.1. The summed E-state index contributed by atoms with van der Waals surface area (Å²) in [6, 6.07) is 20.9. The minimum absolute atomic E-state index is 0.273. The number of thiophene rings is 1. The van der Waals surface area contributed by atoms with Gasteiger partial charge in [0.05, 0.1) is 18.0 Å². The molecule has 0 aliphatic carbocycles. The Morgan fingerprint density at radius 3 is 2.77 bits per heavy atom. The summed E-state index contributed by atoms with van der Waals surface area (Å²) in [5, 5.41) is 5.93. The van der Waals surface area contributed by atoms with Gasteiger partial charge in [-0.2, -0.15) is 0 Å². The van der Waals surface area contributed by atoms with Crippen LogP contribution in [0.4, 0.5) is 10.1 Å². The molecule has 218 valence electrons. The van der Waals surface area contributed by atoms with E-state index in [4.69, 9.17) is 14.5 Å². The molecule has 0 fully saturated rings. The second-order valence-corrected chi connectivity index (χ2v) is 11.5. The zero-order valence-electron chi connectivity index (χ0n) is 24.2. The summed E-state index contributed by atoms with van der Waals surface area (Å²) in [5.41, 5.74) is 8.31. The van der Waals surface area contributed by atoms with Gasteiger partial charge in [-0.1, -0.05) is 30.8 Å². The Kier molecular flexibility index (Phi) is 8.33. The van der Waals surface area contributed by atoms with Crippen molar-refractivity contribution in [3.63, 3.8) is 0 Å². The van der Waals surface area contributed by atoms with Gasteiger partial charge in [0, 0.05) is 64.3 Å². The average Bonchev–Trinajstić information content (AvgIpc) is 3.51. The van der Waals surface area contributed by atoms with Crippen molar-refractivity contribution in [2.24, 2.45) is 0 Å². The third-order valence-corrected chi connectivity index (χ3v) is 8.57. The fourth-order valence-electron chi connectivity index (χ4n) is 5.54. The number of carbonyl (C=O) groups excluding carboxylic acids is 1. The van der Waals surface area contributed by atoms with E-state index in [1.807, 2.05) is 24.3 Å². The van der Waals surface area contributed by atoms with E-state index in [0.29, 0.717) is 23.7 Å². The number of rotatable bonds is 9. The highest BCUT2D eigenvalue weighted by atomic mass is 32.1. The topological polar surface area (TPSA) is 63.7 Å². The molecule has 6 nitrogen and oxygen atoms in total. The summed E-state index contributed by atoms with van der Waals surface area (Å²) in [5.74, 6) is -0.276. The van der Waals surface area contributed by atoms with E-state index in [2.05, 4.69) is 53.5 Å². The molecule has 1 aliphatic heterocycles. The number of hydrogen-bond donors (Lipinski definition) is 1. The molecule has 1 amide bonds. The van der Waals surface area contributed by atoms with Gasteiger partial charge in [-0.15, -0.1) is 11.3 Å². The number of fused-ring (bicyclic) bond motifs is 2. The van der Waals surface area contributed by atoms with Crippen LogP contribution in [0.3, 0.4) is 0 Å². The quantitative estimate of drug-likeness (QED) is 0.141. The first kappa shape index (κ1) is 28.7. The van der Waals surface area contributed by atoms with Crippen LogP contribution in [0.15, 0.2) is 84.8 Å². The van der Waals surface area contributed by atoms with Crippen molar-refractivity contribution in [1.29, 1.82) is 0 Å². The molecule has 0 spiro atoms. The molecular weight excluding hydrogens is 561 g/mol. The summed E-state index contributed by atoms with van der Waals surface area (Å²) in [6.45, 7) is 6.16. The summed E-state index contributed by atoms with van der Waals surface area (Å²) in [4.78, 5) is 19.8. The molecular formula is C35H32FN3O3S. The van der Waals surface area contributed by atoms with E-state index in [1.165, 1.54) is 29.3 Å². The average molecular weight is 594 g/mol. The first-order valence-electron chi connectivity index (χ1n) is 14.1. The van der Waals surface area contributed by atoms with Crippen molar-refractivity contribution >= 4 is 33.0 Å². The van der Waals surface area contributed by atoms with Crippen LogP contribution in [-0.2, 0) is 22.5 Å². The van der Waals surface area contributed by atoms with Gasteiger partial charge >= 0.3 is 0 Å². The first-order chi connectivity index (χ1) is 20.9. The molecule has 0 atom stereocenters. The van der Waals surface area contributed by atoms with Crippen molar-refractivity contribution in [1.82, 2.24) is 9.88 Å². The third-order valence-electron chi connectivity index (χ3n) is 7.64. The maximum Gasteiger partial charge on any atom is 0.247 e. The van der Waals surface area contributed by atoms with E-state index in [0.717, 1.165) is 57.5 Å². The van der Waals surface area contributed by atoms with Crippen molar-refractivity contribution in [2.75, 3.05) is 39.2 Å². The Morgan fingerprint density at radius 1 is 1.07 bits per heavy atom. The largest absolute Gasteiger partial charge is 0.490 e. The van der Waals surface area contributed by atoms with Crippen LogP contribution in [-0.4, -0.2) is 49.7 Å². The molecule has 0 unspecified atom stereocenters. The molecule has 8 heteroatoms. The Balaban J connectivity index is 1.59. The Morgan fingerprint density at radius 2 is 1.93 bits per heavy atom. The van der Waals surface area contributed by atoms with Crippen LogP contribution < -0.4 is 10.1 Å². The lowest BCUT2D eigenvalue weighted by atomic mass is 9.93. The Labute approximate surface area is 254 Å². The second kappa shape index (κ2) is 12.5. The van der Waals surface area contributed by atoms with Crippen LogP contribution >= 0.6 is 11.3 Å². The predicted molar refractivity (Wildman–Crippen MR) is 172 cm³/mol. The SMILES string of the molecule is C=CC(=O)Nc1cccc(-c2nc(-c3ccc4c(c3)CCN(C)C4)c3ccsc3c2-c2ccc(F)cc2OCCOC)c1. The van der Waals surface area contributed by atoms with Crippen LogP contribution in [0, 0.1) is 5.82 Å². The van der Waals surface area contributed by atoms with Crippen LogP contribution in [0.5, 0.6) is 5.75 Å². The molecule has 2 aromatic heterocycles. The third kappa shape index (κ3) is 5.95. The van der Waals surface area contributed by atoms with Crippen LogP contribution in [0.1, 0.15) is 11.1 Å². The van der Waals surface area contributed by atoms with Gasteiger partial charge in [0.2, 0.25) is 5.91 Å². The summed E-state index contributed by atoms with van der Waals surface area (Å²) < 4.78 is 26.8. The number of carbonyl (C=O) groups is 1. The van der Waals surface area contributed by atoms with E-state index in [9.17, 15) is 9.18 Å². The Bertz CT molecular complexity index is 1830. The Hall–Kier alpha value is -4.37. The van der Waals surface area contributed by atoms with Crippen molar-refractivity contribution in [3.8, 4) is 39.4 Å². The van der Waals surface area contributed by atoms with Gasteiger partial charge in [0.1, 0.15) is 18.2 Å². The number of nitrogens with zero attached hydrogens (tertiary/aromatic N) is 2. The molecule has 43 heavy (non-hydrogen) atoms. The molecule has 0 saturated heterocycles. The van der Waals surface area contributed by atoms with Crippen molar-refractivity contribution < 1.29 is 18.7 Å². The van der Waals surface area contributed by atoms with Gasteiger partial charge < -0.3 is 19.7 Å². The maximum absolute atomic E-state index is 14.5. The highest BCUT2D eigenvalue weighted by Crippen LogP contribution is 2.46. The van der Waals surface area contributed by atoms with E-state index < -0.39 is 5.82 Å². The molecule has 0 saturated carbocycles. The number of benzene rings is 3. The monoisotopic (exact) mass is 593 g/mol. The van der Waals surface area contributed by atoms with E-state index in [1.54, 1.807) is 24.5 Å². The number of nitrogens with one attached hydrogen (secondary N) is 1. The first-order valence-corrected chi connectivity index (χ1v) is 15.0. The number of methoxy groups -OCH3 is 1. The van der Waals surface area contributed by atoms with Crippen LogP contribution in [0.2, 0.25) is 0 Å². The van der Waals surface area contributed by atoms with Crippen molar-refractivity contribution in [2.45, 2.75) is 13.0 Å². The number of ether oxygens (including phenoxy) is 2. The van der Waals surface area contributed by atoms with Gasteiger partial charge in [-0.25, -0.2) is 9.37 Å². The lowest BCUT2D eigenvalue weighted by Crippen LogP contribution is -2.26. The molecule has 1 aliphatic rings. The molecule has 3 heterocycles. The van der Waals surface area contributed by atoms with Gasteiger partial charge in [0.15, 0.2) is 0 Å². The standard InChI is InChI=1S/C35H32FN3O3S/c1-4-31(40)37-27-7-5-6-23(19-27)34-32(28-11-10-26(36)20-30(28)42-16-15-41-3)35-29(13-17-43-35)33(38-34)24-8-9-25-21-39(2)14-12-22(25)18-24/h4-11,13,17-20H,1,12,14-16,21H2,2-3H3,(H,37,40). The molecule has 5 aromatic rings. The molecule has 0 bridgehead atoms. The number of halogens is 1. The number of amides is 1. The lowest BCUT2D eigenvalue weighted by molar-refractivity contribution is -0.111.